The molecule has 1 aromatic rings. The zero-order chi connectivity index (χ0) is 16.0. The van der Waals surface area contributed by atoms with E-state index >= 15 is 0 Å². The minimum Gasteiger partial charge on any atom is -0.377 e. The van der Waals surface area contributed by atoms with E-state index in [1.165, 1.54) is 23.5 Å². The smallest absolute Gasteiger partial charge is 0.242 e. The molecule has 0 amide bonds. The molecule has 6 heteroatoms. The molecule has 1 aromatic carbocycles. The van der Waals surface area contributed by atoms with Gasteiger partial charge in [-0.15, -0.1) is 0 Å². The molecule has 0 fully saturated rings. The topological polar surface area (TPSA) is 63.7 Å². The summed E-state index contributed by atoms with van der Waals surface area (Å²) in [4.78, 5) is 11.8. The number of carbonyl (C=O) groups excluding carboxylic acids is 1. The minimum atomic E-state index is -3.60. The lowest BCUT2D eigenvalue weighted by molar-refractivity contribution is 0.0737. The molecular formula is C15H23NO4S. The van der Waals surface area contributed by atoms with E-state index in [1.54, 1.807) is 19.1 Å². The summed E-state index contributed by atoms with van der Waals surface area (Å²) in [7, 11) is -2.09. The highest BCUT2D eigenvalue weighted by Gasteiger charge is 2.21. The highest BCUT2D eigenvalue weighted by Crippen LogP contribution is 2.16. The molecule has 0 N–H and O–H groups in total. The Morgan fingerprint density at radius 3 is 2.57 bits per heavy atom. The standard InChI is InChI=1S/C15H23NO4S/c1-5-15(17)13-7-6-8-14(11-13)21(18,19)16(4)9-10-20-12(2)3/h6-8,11-12H,5,9-10H2,1-4H3. The predicted octanol–water partition coefficient (Wildman–Crippen LogP) is 2.32. The number of hydrogen-bond acceptors (Lipinski definition) is 4. The summed E-state index contributed by atoms with van der Waals surface area (Å²) in [5.41, 5.74) is 0.422. The number of benzene rings is 1. The Kier molecular flexibility index (Phi) is 6.51. The molecule has 0 radical (unpaired) electrons. The molecule has 0 aliphatic rings. The van der Waals surface area contributed by atoms with Gasteiger partial charge in [-0.05, 0) is 26.0 Å². The van der Waals surface area contributed by atoms with Gasteiger partial charge in [0.05, 0.1) is 17.6 Å². The number of ether oxygens (including phenoxy) is 1. The van der Waals surface area contributed by atoms with E-state index in [9.17, 15) is 13.2 Å². The summed E-state index contributed by atoms with van der Waals surface area (Å²) >= 11 is 0. The third kappa shape index (κ3) is 4.91. The van der Waals surface area contributed by atoms with Gasteiger partial charge in [0.1, 0.15) is 0 Å². The summed E-state index contributed by atoms with van der Waals surface area (Å²) < 4.78 is 31.5. The van der Waals surface area contributed by atoms with Crippen LogP contribution in [0.15, 0.2) is 29.2 Å². The minimum absolute atomic E-state index is 0.0617. The van der Waals surface area contributed by atoms with Crippen molar-refractivity contribution in [1.82, 2.24) is 4.31 Å². The summed E-state index contributed by atoms with van der Waals surface area (Å²) in [5.74, 6) is -0.0714. The third-order valence-electron chi connectivity index (χ3n) is 3.04. The number of ketones is 1. The van der Waals surface area contributed by atoms with Crippen LogP contribution in [0.25, 0.3) is 0 Å². The van der Waals surface area contributed by atoms with Crippen molar-refractivity contribution in [3.05, 3.63) is 29.8 Å². The van der Waals surface area contributed by atoms with E-state index in [4.69, 9.17) is 4.74 Å². The summed E-state index contributed by atoms with van der Waals surface area (Å²) in [6, 6.07) is 6.16. The molecule has 0 saturated carbocycles. The number of rotatable bonds is 8. The number of Topliss-reactive ketones (excluding diaryl/α,β-unsaturated/α-hetero) is 1. The maximum Gasteiger partial charge on any atom is 0.242 e. The van der Waals surface area contributed by atoms with Crippen molar-refractivity contribution in [2.45, 2.75) is 38.2 Å². The summed E-state index contributed by atoms with van der Waals surface area (Å²) in [6.45, 7) is 6.15. The van der Waals surface area contributed by atoms with Crippen LogP contribution in [0.1, 0.15) is 37.6 Å². The quantitative estimate of drug-likeness (QED) is 0.691. The number of carbonyl (C=O) groups is 1. The van der Waals surface area contributed by atoms with E-state index in [0.29, 0.717) is 18.6 Å². The van der Waals surface area contributed by atoms with Gasteiger partial charge in [0.2, 0.25) is 10.0 Å². The second-order valence-corrected chi connectivity index (χ2v) is 7.10. The van der Waals surface area contributed by atoms with Gasteiger partial charge in [0, 0.05) is 25.6 Å². The first-order valence-corrected chi connectivity index (χ1v) is 8.44. The van der Waals surface area contributed by atoms with Gasteiger partial charge in [-0.2, -0.15) is 4.31 Å². The van der Waals surface area contributed by atoms with Gasteiger partial charge in [-0.1, -0.05) is 19.1 Å². The molecule has 0 saturated heterocycles. The zero-order valence-electron chi connectivity index (χ0n) is 13.0. The number of nitrogens with zero attached hydrogens (tertiary/aromatic N) is 1. The average Bonchev–Trinajstić information content (AvgIpc) is 2.46. The molecule has 0 spiro atoms. The first kappa shape index (κ1) is 17.8. The van der Waals surface area contributed by atoms with Crippen LogP contribution in [0.5, 0.6) is 0 Å². The lowest BCUT2D eigenvalue weighted by Gasteiger charge is -2.18. The normalized spacial score (nSPS) is 12.1. The second-order valence-electron chi connectivity index (χ2n) is 5.05. The van der Waals surface area contributed by atoms with Crippen molar-refractivity contribution >= 4 is 15.8 Å². The fourth-order valence-electron chi connectivity index (χ4n) is 1.75. The molecule has 0 aliphatic heterocycles. The monoisotopic (exact) mass is 313 g/mol. The van der Waals surface area contributed by atoms with Crippen molar-refractivity contribution in [2.24, 2.45) is 0 Å². The van der Waals surface area contributed by atoms with E-state index < -0.39 is 10.0 Å². The number of hydrogen-bond donors (Lipinski definition) is 0. The van der Waals surface area contributed by atoms with Gasteiger partial charge in [0.15, 0.2) is 5.78 Å². The van der Waals surface area contributed by atoms with Crippen LogP contribution in [0, 0.1) is 0 Å². The zero-order valence-corrected chi connectivity index (χ0v) is 13.8. The van der Waals surface area contributed by atoms with Crippen LogP contribution in [-0.2, 0) is 14.8 Å². The molecule has 1 rings (SSSR count). The SMILES string of the molecule is CCC(=O)c1cccc(S(=O)(=O)N(C)CCOC(C)C)c1. The molecule has 21 heavy (non-hydrogen) atoms. The summed E-state index contributed by atoms with van der Waals surface area (Å²) in [6.07, 6.45) is 0.410. The van der Waals surface area contributed by atoms with Crippen LogP contribution in [0.3, 0.4) is 0 Å². The van der Waals surface area contributed by atoms with Crippen LogP contribution in [-0.4, -0.2) is 44.8 Å². The Labute approximate surface area is 127 Å². The molecule has 5 nitrogen and oxygen atoms in total. The molecular weight excluding hydrogens is 290 g/mol. The van der Waals surface area contributed by atoms with Crippen LogP contribution >= 0.6 is 0 Å². The van der Waals surface area contributed by atoms with Crippen molar-refractivity contribution in [3.8, 4) is 0 Å². The molecule has 0 heterocycles. The van der Waals surface area contributed by atoms with Crippen LogP contribution in [0.4, 0.5) is 0 Å². The van der Waals surface area contributed by atoms with Gasteiger partial charge < -0.3 is 4.74 Å². The first-order valence-electron chi connectivity index (χ1n) is 7.00. The molecule has 0 aliphatic carbocycles. The largest absolute Gasteiger partial charge is 0.377 e. The van der Waals surface area contributed by atoms with Crippen molar-refractivity contribution in [1.29, 1.82) is 0 Å². The van der Waals surface area contributed by atoms with Crippen molar-refractivity contribution in [3.63, 3.8) is 0 Å². The van der Waals surface area contributed by atoms with Gasteiger partial charge in [-0.25, -0.2) is 8.42 Å². The predicted molar refractivity (Wildman–Crippen MR) is 82.0 cm³/mol. The highest BCUT2D eigenvalue weighted by atomic mass is 32.2. The number of sulfonamides is 1. The fraction of sp³-hybridized carbons (Fsp3) is 0.533. The molecule has 0 aromatic heterocycles. The second kappa shape index (κ2) is 7.68. The molecule has 0 bridgehead atoms. The lowest BCUT2D eigenvalue weighted by atomic mass is 10.1. The molecule has 118 valence electrons. The number of likely N-dealkylation sites (N-methyl/N-ethyl adjacent to an activating group) is 1. The van der Waals surface area contributed by atoms with Crippen LogP contribution < -0.4 is 0 Å². The van der Waals surface area contributed by atoms with Gasteiger partial charge in [0.25, 0.3) is 0 Å². The Morgan fingerprint density at radius 2 is 2.00 bits per heavy atom. The van der Waals surface area contributed by atoms with Gasteiger partial charge in [-0.3, -0.25) is 4.79 Å². The van der Waals surface area contributed by atoms with Crippen molar-refractivity contribution in [2.75, 3.05) is 20.2 Å². The Morgan fingerprint density at radius 1 is 1.33 bits per heavy atom. The average molecular weight is 313 g/mol. The van der Waals surface area contributed by atoms with Crippen molar-refractivity contribution < 1.29 is 17.9 Å². The Hall–Kier alpha value is -1.24. The first-order chi connectivity index (χ1) is 9.78. The third-order valence-corrected chi connectivity index (χ3v) is 4.90. The maximum atomic E-state index is 12.4. The van der Waals surface area contributed by atoms with E-state index in [0.717, 1.165) is 0 Å². The lowest BCUT2D eigenvalue weighted by Crippen LogP contribution is -2.31. The van der Waals surface area contributed by atoms with Gasteiger partial charge >= 0.3 is 0 Å². The van der Waals surface area contributed by atoms with Crippen LogP contribution in [0.2, 0.25) is 0 Å². The summed E-state index contributed by atoms with van der Waals surface area (Å²) in [5, 5.41) is 0. The fourth-order valence-corrected chi connectivity index (χ4v) is 2.95. The molecule has 0 atom stereocenters. The van der Waals surface area contributed by atoms with E-state index in [1.807, 2.05) is 13.8 Å². The van der Waals surface area contributed by atoms with E-state index in [2.05, 4.69) is 0 Å². The van der Waals surface area contributed by atoms with E-state index in [-0.39, 0.29) is 23.3 Å². The Bertz CT molecular complexity index is 581. The maximum absolute atomic E-state index is 12.4. The molecule has 0 unspecified atom stereocenters. The Balaban J connectivity index is 2.89. The highest BCUT2D eigenvalue weighted by molar-refractivity contribution is 7.89.